The van der Waals surface area contributed by atoms with E-state index in [9.17, 15) is 8.42 Å². The minimum atomic E-state index is -3.50. The second-order valence-corrected chi connectivity index (χ2v) is 7.47. The van der Waals surface area contributed by atoms with Crippen LogP contribution < -0.4 is 10.0 Å². The Labute approximate surface area is 137 Å². The number of sulfonamides is 1. The Morgan fingerprint density at radius 3 is 2.57 bits per heavy atom. The third-order valence-electron chi connectivity index (χ3n) is 2.93. The fraction of sp³-hybridized carbons (Fsp3) is 0.143. The van der Waals surface area contributed by atoms with Crippen molar-refractivity contribution >= 4 is 43.2 Å². The number of halogens is 2. The Morgan fingerprint density at radius 1 is 1.19 bits per heavy atom. The summed E-state index contributed by atoms with van der Waals surface area (Å²) in [5.41, 5.74) is 1.42. The molecule has 0 radical (unpaired) electrons. The molecule has 112 valence electrons. The third kappa shape index (κ3) is 3.97. The van der Waals surface area contributed by atoms with Crippen LogP contribution in [0.5, 0.6) is 0 Å². The van der Waals surface area contributed by atoms with Crippen LogP contribution in [-0.4, -0.2) is 15.5 Å². The first kappa shape index (κ1) is 16.3. The highest BCUT2D eigenvalue weighted by Gasteiger charge is 2.15. The molecule has 4 nitrogen and oxygen atoms in total. The van der Waals surface area contributed by atoms with Crippen molar-refractivity contribution in [1.82, 2.24) is 4.72 Å². The van der Waals surface area contributed by atoms with E-state index in [0.29, 0.717) is 17.3 Å². The smallest absolute Gasteiger partial charge is 0.242 e. The van der Waals surface area contributed by atoms with Crippen LogP contribution in [0.3, 0.4) is 0 Å². The van der Waals surface area contributed by atoms with Crippen LogP contribution in [-0.2, 0) is 16.6 Å². The Bertz CT molecular complexity index is 750. The van der Waals surface area contributed by atoms with Crippen LogP contribution in [0.4, 0.5) is 5.69 Å². The van der Waals surface area contributed by atoms with Gasteiger partial charge in [0.05, 0.1) is 5.69 Å². The molecule has 0 atom stereocenters. The molecule has 0 spiro atoms. The zero-order valence-corrected chi connectivity index (χ0v) is 14.4. The maximum Gasteiger partial charge on any atom is 0.242 e. The highest BCUT2D eigenvalue weighted by atomic mass is 79.9. The lowest BCUT2D eigenvalue weighted by Gasteiger charge is -2.13. The van der Waals surface area contributed by atoms with E-state index < -0.39 is 10.0 Å². The van der Waals surface area contributed by atoms with Gasteiger partial charge in [0.2, 0.25) is 10.0 Å². The molecular weight excluding hydrogens is 376 g/mol. The first-order valence-corrected chi connectivity index (χ1v) is 8.80. The van der Waals surface area contributed by atoms with Gasteiger partial charge < -0.3 is 5.32 Å². The summed E-state index contributed by atoms with van der Waals surface area (Å²) in [6, 6.07) is 12.3. The molecule has 7 heteroatoms. The molecule has 0 heterocycles. The summed E-state index contributed by atoms with van der Waals surface area (Å²) in [6.45, 7) is 0.433. The molecule has 2 aromatic carbocycles. The Hall–Kier alpha value is -1.08. The van der Waals surface area contributed by atoms with E-state index in [4.69, 9.17) is 11.6 Å². The second kappa shape index (κ2) is 6.79. The largest absolute Gasteiger partial charge is 0.380 e. The van der Waals surface area contributed by atoms with Crippen molar-refractivity contribution in [3.8, 4) is 0 Å². The average molecular weight is 390 g/mol. The summed E-state index contributed by atoms with van der Waals surface area (Å²) in [5, 5.41) is 3.73. The van der Waals surface area contributed by atoms with Crippen molar-refractivity contribution < 1.29 is 8.42 Å². The summed E-state index contributed by atoms with van der Waals surface area (Å²) in [4.78, 5) is 0.209. The number of hydrogen-bond donors (Lipinski definition) is 2. The van der Waals surface area contributed by atoms with Gasteiger partial charge in [-0.15, -0.1) is 0 Å². The molecule has 0 fully saturated rings. The summed E-state index contributed by atoms with van der Waals surface area (Å²) >= 11 is 9.50. The van der Waals surface area contributed by atoms with E-state index in [1.165, 1.54) is 7.05 Å². The minimum Gasteiger partial charge on any atom is -0.380 e. The molecular formula is C14H14BrClN2O2S. The number of benzene rings is 2. The van der Waals surface area contributed by atoms with Crippen LogP contribution in [0.2, 0.25) is 5.02 Å². The van der Waals surface area contributed by atoms with Gasteiger partial charge in [0.25, 0.3) is 0 Å². The van der Waals surface area contributed by atoms with Gasteiger partial charge in [-0.25, -0.2) is 13.1 Å². The molecule has 2 rings (SSSR count). The quantitative estimate of drug-likeness (QED) is 0.821. The molecule has 2 aromatic rings. The molecule has 2 N–H and O–H groups in total. The van der Waals surface area contributed by atoms with Crippen LogP contribution in [0, 0.1) is 0 Å². The summed E-state index contributed by atoms with van der Waals surface area (Å²) in [6.07, 6.45) is 0. The van der Waals surface area contributed by atoms with Crippen LogP contribution in [0.15, 0.2) is 51.8 Å². The van der Waals surface area contributed by atoms with Crippen molar-refractivity contribution in [2.75, 3.05) is 12.4 Å². The lowest BCUT2D eigenvalue weighted by atomic mass is 10.2. The van der Waals surface area contributed by atoms with Crippen molar-refractivity contribution in [1.29, 1.82) is 0 Å². The lowest BCUT2D eigenvalue weighted by molar-refractivity contribution is 0.588. The van der Waals surface area contributed by atoms with Crippen molar-refractivity contribution in [3.63, 3.8) is 0 Å². The number of rotatable bonds is 5. The van der Waals surface area contributed by atoms with Gasteiger partial charge in [0.1, 0.15) is 4.90 Å². The molecule has 0 saturated heterocycles. The summed E-state index contributed by atoms with van der Waals surface area (Å²) < 4.78 is 27.1. The molecule has 0 aliphatic carbocycles. The monoisotopic (exact) mass is 388 g/mol. The van der Waals surface area contributed by atoms with Gasteiger partial charge in [-0.2, -0.15) is 0 Å². The van der Waals surface area contributed by atoms with Crippen LogP contribution in [0.1, 0.15) is 5.56 Å². The van der Waals surface area contributed by atoms with Crippen molar-refractivity contribution in [3.05, 3.63) is 57.5 Å². The third-order valence-corrected chi connectivity index (χ3v) is 5.25. The Kier molecular flexibility index (Phi) is 5.27. The second-order valence-electron chi connectivity index (χ2n) is 4.29. The van der Waals surface area contributed by atoms with Crippen molar-refractivity contribution in [2.24, 2.45) is 0 Å². The van der Waals surface area contributed by atoms with E-state index in [1.807, 2.05) is 12.1 Å². The van der Waals surface area contributed by atoms with E-state index in [2.05, 4.69) is 26.0 Å². The Balaban J connectivity index is 2.25. The van der Waals surface area contributed by atoms with Gasteiger partial charge >= 0.3 is 0 Å². The van der Waals surface area contributed by atoms with Crippen LogP contribution >= 0.6 is 27.5 Å². The normalized spacial score (nSPS) is 11.4. The molecule has 0 aliphatic rings. The first-order chi connectivity index (χ1) is 9.94. The fourth-order valence-corrected chi connectivity index (χ4v) is 3.46. The van der Waals surface area contributed by atoms with Gasteiger partial charge in [0.15, 0.2) is 0 Å². The number of hydrogen-bond acceptors (Lipinski definition) is 3. The predicted octanol–water partition coefficient (Wildman–Crippen LogP) is 3.62. The van der Waals surface area contributed by atoms with Gasteiger partial charge in [0, 0.05) is 16.0 Å². The predicted molar refractivity (Wildman–Crippen MR) is 89.2 cm³/mol. The molecule has 0 aliphatic heterocycles. The number of nitrogens with one attached hydrogen (secondary N) is 2. The standard InChI is InChI=1S/C14H14BrClN2O2S/c1-17-21(19,20)14-5-3-2-4-13(14)18-9-10-6-7-11(15)8-12(10)16/h2-8,17-18H,9H2,1H3. The van der Waals surface area contributed by atoms with Crippen molar-refractivity contribution in [2.45, 2.75) is 11.4 Å². The van der Waals surface area contributed by atoms with Gasteiger partial charge in [-0.05, 0) is 36.9 Å². The first-order valence-electron chi connectivity index (χ1n) is 6.14. The highest BCUT2D eigenvalue weighted by molar-refractivity contribution is 9.10. The van der Waals surface area contributed by atoms with Gasteiger partial charge in [-0.1, -0.05) is 45.7 Å². The minimum absolute atomic E-state index is 0.209. The molecule has 0 saturated carbocycles. The SMILES string of the molecule is CNS(=O)(=O)c1ccccc1NCc1ccc(Br)cc1Cl. The number of para-hydroxylation sites is 1. The molecule has 0 unspecified atom stereocenters. The lowest BCUT2D eigenvalue weighted by Crippen LogP contribution is -2.20. The van der Waals surface area contributed by atoms with E-state index in [-0.39, 0.29) is 4.90 Å². The zero-order valence-electron chi connectivity index (χ0n) is 11.2. The molecule has 0 aromatic heterocycles. The van der Waals surface area contributed by atoms with E-state index in [0.717, 1.165) is 10.0 Å². The van der Waals surface area contributed by atoms with E-state index >= 15 is 0 Å². The molecule has 0 amide bonds. The highest BCUT2D eigenvalue weighted by Crippen LogP contribution is 2.24. The Morgan fingerprint density at radius 2 is 1.90 bits per heavy atom. The maximum absolute atomic E-state index is 12.0. The van der Waals surface area contributed by atoms with Crippen LogP contribution in [0.25, 0.3) is 0 Å². The summed E-state index contributed by atoms with van der Waals surface area (Å²) in [5.74, 6) is 0. The summed E-state index contributed by atoms with van der Waals surface area (Å²) in [7, 11) is -2.12. The molecule has 0 bridgehead atoms. The zero-order chi connectivity index (χ0) is 15.5. The van der Waals surface area contributed by atoms with E-state index in [1.54, 1.807) is 30.3 Å². The van der Waals surface area contributed by atoms with Gasteiger partial charge in [-0.3, -0.25) is 0 Å². The molecule has 21 heavy (non-hydrogen) atoms. The maximum atomic E-state index is 12.0. The number of anilines is 1. The fourth-order valence-electron chi connectivity index (χ4n) is 1.81. The topological polar surface area (TPSA) is 58.2 Å². The average Bonchev–Trinajstić information content (AvgIpc) is 2.46.